The second-order valence-corrected chi connectivity index (χ2v) is 6.40. The average Bonchev–Trinajstić information content (AvgIpc) is 2.90. The second kappa shape index (κ2) is 7.30. The molecule has 2 heterocycles. The van der Waals surface area contributed by atoms with E-state index in [4.69, 9.17) is 14.3 Å². The van der Waals surface area contributed by atoms with Gasteiger partial charge < -0.3 is 19.6 Å². The van der Waals surface area contributed by atoms with Crippen molar-refractivity contribution in [3.63, 3.8) is 0 Å². The number of hydrogen-bond acceptors (Lipinski definition) is 6. The fourth-order valence-electron chi connectivity index (χ4n) is 1.97. The van der Waals surface area contributed by atoms with Crippen molar-refractivity contribution in [2.24, 2.45) is 5.16 Å². The summed E-state index contributed by atoms with van der Waals surface area (Å²) in [5.74, 6) is 0.781. The third-order valence-electron chi connectivity index (χ3n) is 3.02. The van der Waals surface area contributed by atoms with Crippen LogP contribution in [0.2, 0.25) is 0 Å². The lowest BCUT2D eigenvalue weighted by Gasteiger charge is -2.19. The summed E-state index contributed by atoms with van der Waals surface area (Å²) >= 11 is 0. The fraction of sp³-hybridized carbons (Fsp3) is 0.562. The van der Waals surface area contributed by atoms with E-state index in [0.717, 1.165) is 17.0 Å². The molecule has 0 bridgehead atoms. The molecule has 23 heavy (non-hydrogen) atoms. The molecule has 7 heteroatoms. The molecule has 0 saturated carbocycles. The van der Waals surface area contributed by atoms with E-state index in [1.54, 1.807) is 12.4 Å². The molecule has 1 aliphatic rings. The third kappa shape index (κ3) is 5.77. The minimum Gasteiger partial charge on any atom is -0.489 e. The van der Waals surface area contributed by atoms with E-state index in [1.165, 1.54) is 0 Å². The van der Waals surface area contributed by atoms with Crippen molar-refractivity contribution in [2.75, 3.05) is 13.2 Å². The maximum atomic E-state index is 11.6. The zero-order valence-corrected chi connectivity index (χ0v) is 14.0. The van der Waals surface area contributed by atoms with Crippen LogP contribution in [-0.2, 0) is 9.57 Å². The molecule has 0 fully saturated rings. The number of aromatic nitrogens is 1. The summed E-state index contributed by atoms with van der Waals surface area (Å²) in [7, 11) is 0. The highest BCUT2D eigenvalue weighted by Crippen LogP contribution is 2.17. The Morgan fingerprint density at radius 3 is 2.96 bits per heavy atom. The van der Waals surface area contributed by atoms with Gasteiger partial charge in [-0.1, -0.05) is 5.16 Å². The van der Waals surface area contributed by atoms with Crippen LogP contribution in [0.5, 0.6) is 5.75 Å². The lowest BCUT2D eigenvalue weighted by atomic mass is 10.2. The van der Waals surface area contributed by atoms with Crippen LogP contribution in [0.4, 0.5) is 4.79 Å². The van der Waals surface area contributed by atoms with Crippen LogP contribution in [0.25, 0.3) is 0 Å². The number of pyridine rings is 1. The topological polar surface area (TPSA) is 82.0 Å². The summed E-state index contributed by atoms with van der Waals surface area (Å²) < 4.78 is 10.9. The Balaban J connectivity index is 1.70. The standard InChI is InChI=1S/C16H23N3O4/c1-11-8-17-6-5-14(11)21-10-13-7-12(19-23-13)9-18-15(20)22-16(2,3)4/h5-6,8,13H,7,9-10H2,1-4H3,(H,18,20). The number of aryl methyl sites for hydroxylation is 1. The quantitative estimate of drug-likeness (QED) is 0.900. The van der Waals surface area contributed by atoms with E-state index in [2.05, 4.69) is 15.5 Å². The van der Waals surface area contributed by atoms with E-state index in [1.807, 2.05) is 33.8 Å². The van der Waals surface area contributed by atoms with Gasteiger partial charge in [-0.15, -0.1) is 0 Å². The van der Waals surface area contributed by atoms with Gasteiger partial charge in [-0.2, -0.15) is 0 Å². The summed E-state index contributed by atoms with van der Waals surface area (Å²) in [5, 5.41) is 6.64. The summed E-state index contributed by atoms with van der Waals surface area (Å²) in [6, 6.07) is 1.82. The Hall–Kier alpha value is -2.31. The molecule has 1 aromatic rings. The van der Waals surface area contributed by atoms with Crippen molar-refractivity contribution in [3.05, 3.63) is 24.0 Å². The first-order valence-corrected chi connectivity index (χ1v) is 7.55. The van der Waals surface area contributed by atoms with Gasteiger partial charge in [-0.25, -0.2) is 4.79 Å². The highest BCUT2D eigenvalue weighted by Gasteiger charge is 2.23. The Morgan fingerprint density at radius 1 is 1.48 bits per heavy atom. The lowest BCUT2D eigenvalue weighted by molar-refractivity contribution is 0.0468. The summed E-state index contributed by atoms with van der Waals surface area (Å²) in [4.78, 5) is 20.9. The largest absolute Gasteiger partial charge is 0.489 e. The number of amides is 1. The third-order valence-corrected chi connectivity index (χ3v) is 3.02. The van der Waals surface area contributed by atoms with Gasteiger partial charge in [0.25, 0.3) is 0 Å². The molecule has 0 aromatic carbocycles. The highest BCUT2D eigenvalue weighted by molar-refractivity contribution is 5.89. The Morgan fingerprint density at radius 2 is 2.26 bits per heavy atom. The summed E-state index contributed by atoms with van der Waals surface area (Å²) in [6.07, 6.45) is 3.42. The molecular formula is C16H23N3O4. The number of nitrogens with one attached hydrogen (secondary N) is 1. The molecular weight excluding hydrogens is 298 g/mol. The molecule has 1 aliphatic heterocycles. The number of ether oxygens (including phenoxy) is 2. The van der Waals surface area contributed by atoms with Crippen molar-refractivity contribution in [3.8, 4) is 5.75 Å². The van der Waals surface area contributed by atoms with Crippen molar-refractivity contribution >= 4 is 11.8 Å². The van der Waals surface area contributed by atoms with E-state index in [9.17, 15) is 4.79 Å². The van der Waals surface area contributed by atoms with Crippen LogP contribution in [0.3, 0.4) is 0 Å². The molecule has 1 aromatic heterocycles. The SMILES string of the molecule is Cc1cnccc1OCC1CC(CNC(=O)OC(C)(C)C)=NO1. The predicted octanol–water partition coefficient (Wildman–Crippen LogP) is 2.44. The fourth-order valence-corrected chi connectivity index (χ4v) is 1.97. The average molecular weight is 321 g/mol. The molecule has 0 spiro atoms. The second-order valence-electron chi connectivity index (χ2n) is 6.40. The van der Waals surface area contributed by atoms with Gasteiger partial charge in [-0.3, -0.25) is 4.98 Å². The molecule has 0 aliphatic carbocycles. The van der Waals surface area contributed by atoms with Crippen LogP contribution >= 0.6 is 0 Å². The highest BCUT2D eigenvalue weighted by atomic mass is 16.7. The van der Waals surface area contributed by atoms with Gasteiger partial charge in [0.1, 0.15) is 18.0 Å². The summed E-state index contributed by atoms with van der Waals surface area (Å²) in [5.41, 5.74) is 1.21. The normalized spacial score (nSPS) is 17.2. The van der Waals surface area contributed by atoms with Gasteiger partial charge >= 0.3 is 6.09 Å². The van der Waals surface area contributed by atoms with Gasteiger partial charge in [-0.05, 0) is 33.8 Å². The zero-order chi connectivity index (χ0) is 16.9. The van der Waals surface area contributed by atoms with Crippen LogP contribution in [0.15, 0.2) is 23.6 Å². The van der Waals surface area contributed by atoms with Gasteiger partial charge in [0.05, 0.1) is 12.3 Å². The van der Waals surface area contributed by atoms with E-state index < -0.39 is 11.7 Å². The molecule has 0 saturated heterocycles. The number of nitrogens with zero attached hydrogens (tertiary/aromatic N) is 2. The molecule has 1 atom stereocenters. The van der Waals surface area contributed by atoms with Gasteiger partial charge in [0.2, 0.25) is 0 Å². The molecule has 126 valence electrons. The first-order chi connectivity index (χ1) is 10.8. The zero-order valence-electron chi connectivity index (χ0n) is 14.0. The molecule has 1 amide bonds. The van der Waals surface area contributed by atoms with Gasteiger partial charge in [0, 0.05) is 24.4 Å². The molecule has 2 rings (SSSR count). The minimum absolute atomic E-state index is 0.155. The first kappa shape index (κ1) is 17.1. The summed E-state index contributed by atoms with van der Waals surface area (Å²) in [6.45, 7) is 8.08. The monoisotopic (exact) mass is 321 g/mol. The van der Waals surface area contributed by atoms with E-state index in [-0.39, 0.29) is 6.10 Å². The Labute approximate surface area is 136 Å². The van der Waals surface area contributed by atoms with Crippen molar-refractivity contribution in [1.29, 1.82) is 0 Å². The first-order valence-electron chi connectivity index (χ1n) is 7.55. The van der Waals surface area contributed by atoms with Crippen LogP contribution < -0.4 is 10.1 Å². The van der Waals surface area contributed by atoms with Crippen LogP contribution in [0, 0.1) is 6.92 Å². The van der Waals surface area contributed by atoms with Crippen LogP contribution in [-0.4, -0.2) is 41.6 Å². The predicted molar refractivity (Wildman–Crippen MR) is 85.6 cm³/mol. The maximum Gasteiger partial charge on any atom is 0.407 e. The number of rotatable bonds is 5. The number of carbonyl (C=O) groups is 1. The van der Waals surface area contributed by atoms with Crippen molar-refractivity contribution in [2.45, 2.75) is 45.8 Å². The van der Waals surface area contributed by atoms with Crippen molar-refractivity contribution < 1.29 is 19.1 Å². The minimum atomic E-state index is -0.517. The van der Waals surface area contributed by atoms with Gasteiger partial charge in [0.15, 0.2) is 6.10 Å². The lowest BCUT2D eigenvalue weighted by Crippen LogP contribution is -2.35. The van der Waals surface area contributed by atoms with Crippen LogP contribution in [0.1, 0.15) is 32.8 Å². The maximum absolute atomic E-state index is 11.6. The van der Waals surface area contributed by atoms with Crippen molar-refractivity contribution in [1.82, 2.24) is 10.3 Å². The number of alkyl carbamates (subject to hydrolysis) is 1. The number of carbonyl (C=O) groups excluding carboxylic acids is 1. The Bertz CT molecular complexity index is 581. The molecule has 1 N–H and O–H groups in total. The molecule has 0 radical (unpaired) electrons. The van der Waals surface area contributed by atoms with E-state index in [0.29, 0.717) is 19.6 Å². The number of hydrogen-bond donors (Lipinski definition) is 1. The molecule has 1 unspecified atom stereocenters. The smallest absolute Gasteiger partial charge is 0.407 e. The molecule has 7 nitrogen and oxygen atoms in total. The van der Waals surface area contributed by atoms with E-state index >= 15 is 0 Å². The number of oxime groups is 1. The Kier molecular flexibility index (Phi) is 5.41.